The van der Waals surface area contributed by atoms with Crippen LogP contribution in [0.5, 0.6) is 0 Å². The highest BCUT2D eigenvalue weighted by Crippen LogP contribution is 2.36. The lowest BCUT2D eigenvalue weighted by Crippen LogP contribution is -2.62. The zero-order chi connectivity index (χ0) is 12.6. The van der Waals surface area contributed by atoms with Crippen LogP contribution in [-0.2, 0) is 9.63 Å². The maximum atomic E-state index is 10.8. The van der Waals surface area contributed by atoms with E-state index in [1.165, 1.54) is 6.92 Å². The molecule has 4 nitrogen and oxygen atoms in total. The summed E-state index contributed by atoms with van der Waals surface area (Å²) in [5.41, 5.74) is 3.10. The Morgan fingerprint density at radius 2 is 1.69 bits per heavy atom. The van der Waals surface area contributed by atoms with Gasteiger partial charge >= 0.3 is 5.97 Å². The molecule has 1 heterocycles. The van der Waals surface area contributed by atoms with E-state index in [-0.39, 0.29) is 23.1 Å². The largest absolute Gasteiger partial charge is 0.371 e. The fourth-order valence-corrected chi connectivity index (χ4v) is 2.62. The van der Waals surface area contributed by atoms with Crippen LogP contribution in [0.2, 0.25) is 0 Å². The second kappa shape index (κ2) is 4.34. The van der Waals surface area contributed by atoms with Gasteiger partial charge in [0.1, 0.15) is 0 Å². The van der Waals surface area contributed by atoms with Gasteiger partial charge in [0.15, 0.2) is 0 Å². The lowest BCUT2D eigenvalue weighted by molar-refractivity contribution is -0.153. The molecule has 16 heavy (non-hydrogen) atoms. The molecule has 0 aromatic carbocycles. The maximum absolute atomic E-state index is 10.8. The molecule has 0 unspecified atom stereocenters. The van der Waals surface area contributed by atoms with Crippen molar-refractivity contribution in [2.24, 2.45) is 0 Å². The highest BCUT2D eigenvalue weighted by Gasteiger charge is 2.43. The summed E-state index contributed by atoms with van der Waals surface area (Å²) in [7, 11) is 2.15. The third-order valence-corrected chi connectivity index (χ3v) is 3.68. The second-order valence-corrected chi connectivity index (χ2v) is 6.00. The zero-order valence-corrected chi connectivity index (χ0v) is 11.3. The quantitative estimate of drug-likeness (QED) is 0.731. The number of hydroxylamine groups is 1. The normalized spacial score (nSPS) is 25.4. The molecule has 0 radical (unpaired) electrons. The lowest BCUT2D eigenvalue weighted by Gasteiger charge is -2.53. The van der Waals surface area contributed by atoms with Crippen molar-refractivity contribution in [2.75, 3.05) is 7.05 Å². The third kappa shape index (κ3) is 2.95. The number of rotatable bonds is 2. The van der Waals surface area contributed by atoms with Gasteiger partial charge in [0.2, 0.25) is 0 Å². The van der Waals surface area contributed by atoms with Crippen LogP contribution >= 0.6 is 0 Å². The minimum atomic E-state index is -0.283. The number of nitrogens with one attached hydrogen (secondary N) is 1. The van der Waals surface area contributed by atoms with Gasteiger partial charge < -0.3 is 4.84 Å². The Morgan fingerprint density at radius 1 is 1.25 bits per heavy atom. The van der Waals surface area contributed by atoms with Crippen LogP contribution in [-0.4, -0.2) is 35.0 Å². The van der Waals surface area contributed by atoms with Gasteiger partial charge in [-0.3, -0.25) is 9.69 Å². The van der Waals surface area contributed by atoms with Gasteiger partial charge in [0.25, 0.3) is 0 Å². The van der Waals surface area contributed by atoms with Crippen LogP contribution in [0.4, 0.5) is 0 Å². The fourth-order valence-electron chi connectivity index (χ4n) is 2.62. The molecule has 1 fully saturated rings. The molecule has 1 aliphatic rings. The van der Waals surface area contributed by atoms with Gasteiger partial charge in [-0.25, -0.2) is 0 Å². The molecule has 94 valence electrons. The van der Waals surface area contributed by atoms with Gasteiger partial charge in [0.05, 0.1) is 0 Å². The van der Waals surface area contributed by atoms with Gasteiger partial charge in [-0.15, -0.1) is 5.48 Å². The number of carbonyl (C=O) groups is 1. The molecule has 1 rings (SSSR count). The average molecular weight is 228 g/mol. The predicted octanol–water partition coefficient (Wildman–Crippen LogP) is 1.71. The first-order chi connectivity index (χ1) is 7.15. The monoisotopic (exact) mass is 228 g/mol. The molecule has 0 amide bonds. The van der Waals surface area contributed by atoms with Crippen molar-refractivity contribution in [3.8, 4) is 0 Å². The summed E-state index contributed by atoms with van der Waals surface area (Å²) < 4.78 is 0. The Balaban J connectivity index is 2.67. The van der Waals surface area contributed by atoms with Gasteiger partial charge in [0, 0.05) is 24.0 Å². The first-order valence-electron chi connectivity index (χ1n) is 5.82. The number of piperidine rings is 1. The summed E-state index contributed by atoms with van der Waals surface area (Å²) in [6.07, 6.45) is 1.94. The smallest absolute Gasteiger partial charge is 0.321 e. The molecule has 4 heteroatoms. The van der Waals surface area contributed by atoms with Gasteiger partial charge in [-0.05, 0) is 47.6 Å². The Kier molecular flexibility index (Phi) is 3.65. The molecule has 0 spiro atoms. The number of hydrogen-bond acceptors (Lipinski definition) is 4. The van der Waals surface area contributed by atoms with Crippen molar-refractivity contribution in [3.63, 3.8) is 0 Å². The van der Waals surface area contributed by atoms with E-state index in [0.29, 0.717) is 0 Å². The van der Waals surface area contributed by atoms with Crippen LogP contribution in [0.25, 0.3) is 0 Å². The standard InChI is InChI=1S/C12H24N2O2/c1-9(15)16-13-10-7-11(2,3)14(6)12(4,5)8-10/h10,13H,7-8H2,1-6H3. The van der Waals surface area contributed by atoms with E-state index in [2.05, 4.69) is 45.1 Å². The van der Waals surface area contributed by atoms with Crippen molar-refractivity contribution >= 4 is 5.97 Å². The summed E-state index contributed by atoms with van der Waals surface area (Å²) in [6.45, 7) is 10.3. The van der Waals surface area contributed by atoms with E-state index in [9.17, 15) is 4.79 Å². The van der Waals surface area contributed by atoms with Crippen LogP contribution in [0.15, 0.2) is 0 Å². The molecule has 0 saturated carbocycles. The number of hydrogen-bond donors (Lipinski definition) is 1. The fraction of sp³-hybridized carbons (Fsp3) is 0.917. The van der Waals surface area contributed by atoms with E-state index >= 15 is 0 Å². The van der Waals surface area contributed by atoms with E-state index in [4.69, 9.17) is 4.84 Å². The summed E-state index contributed by atoms with van der Waals surface area (Å²) in [5, 5.41) is 0. The molecule has 1 saturated heterocycles. The Labute approximate surface area is 98.3 Å². The number of carbonyl (C=O) groups excluding carboxylic acids is 1. The Morgan fingerprint density at radius 3 is 2.06 bits per heavy atom. The van der Waals surface area contributed by atoms with Crippen molar-refractivity contribution in [1.29, 1.82) is 0 Å². The first-order valence-corrected chi connectivity index (χ1v) is 5.82. The molecule has 0 aromatic rings. The van der Waals surface area contributed by atoms with E-state index in [0.717, 1.165) is 12.8 Å². The Hall–Kier alpha value is -0.610. The van der Waals surface area contributed by atoms with E-state index in [1.807, 2.05) is 0 Å². The maximum Gasteiger partial charge on any atom is 0.321 e. The molecular weight excluding hydrogens is 204 g/mol. The minimum Gasteiger partial charge on any atom is -0.371 e. The van der Waals surface area contributed by atoms with Gasteiger partial charge in [-0.2, -0.15) is 0 Å². The number of nitrogens with zero attached hydrogens (tertiary/aromatic N) is 1. The highest BCUT2D eigenvalue weighted by atomic mass is 16.7. The second-order valence-electron chi connectivity index (χ2n) is 6.00. The molecule has 1 aliphatic heterocycles. The SMILES string of the molecule is CC(=O)ONC1CC(C)(C)N(C)C(C)(C)C1. The minimum absolute atomic E-state index is 0.111. The molecule has 0 aliphatic carbocycles. The van der Waals surface area contributed by atoms with Crippen molar-refractivity contribution in [3.05, 3.63) is 0 Å². The summed E-state index contributed by atoms with van der Waals surface area (Å²) in [4.78, 5) is 18.1. The van der Waals surface area contributed by atoms with Crippen LogP contribution < -0.4 is 5.48 Å². The number of likely N-dealkylation sites (tertiary alicyclic amines) is 1. The highest BCUT2D eigenvalue weighted by molar-refractivity contribution is 5.65. The summed E-state index contributed by atoms with van der Waals surface area (Å²) >= 11 is 0. The topological polar surface area (TPSA) is 41.6 Å². The third-order valence-electron chi connectivity index (χ3n) is 3.68. The summed E-state index contributed by atoms with van der Waals surface area (Å²) in [5.74, 6) is -0.283. The first kappa shape index (κ1) is 13.5. The average Bonchev–Trinajstić information content (AvgIpc) is 2.10. The molecule has 1 N–H and O–H groups in total. The van der Waals surface area contributed by atoms with Crippen molar-refractivity contribution < 1.29 is 9.63 Å². The molecule has 0 aromatic heterocycles. The molecule has 0 bridgehead atoms. The van der Waals surface area contributed by atoms with Crippen molar-refractivity contribution in [1.82, 2.24) is 10.4 Å². The molecule has 0 atom stereocenters. The van der Waals surface area contributed by atoms with E-state index in [1.54, 1.807) is 0 Å². The zero-order valence-electron chi connectivity index (χ0n) is 11.3. The van der Waals surface area contributed by atoms with Crippen molar-refractivity contribution in [2.45, 2.75) is 64.6 Å². The summed E-state index contributed by atoms with van der Waals surface area (Å²) in [6, 6.07) is 0.227. The molecular formula is C12H24N2O2. The Bertz CT molecular complexity index is 256. The van der Waals surface area contributed by atoms with Crippen LogP contribution in [0.3, 0.4) is 0 Å². The predicted molar refractivity (Wildman–Crippen MR) is 63.8 cm³/mol. The van der Waals surface area contributed by atoms with Crippen LogP contribution in [0, 0.1) is 0 Å². The van der Waals surface area contributed by atoms with E-state index < -0.39 is 0 Å². The van der Waals surface area contributed by atoms with Crippen LogP contribution in [0.1, 0.15) is 47.5 Å². The lowest BCUT2D eigenvalue weighted by atomic mass is 9.78. The van der Waals surface area contributed by atoms with Gasteiger partial charge in [-0.1, -0.05) is 0 Å².